The Labute approximate surface area is 155 Å². The molecule has 0 saturated heterocycles. The molecule has 0 aliphatic heterocycles. The molecule has 0 spiro atoms. The monoisotopic (exact) mass is 366 g/mol. The van der Waals surface area contributed by atoms with Gasteiger partial charge in [0.2, 0.25) is 0 Å². The van der Waals surface area contributed by atoms with E-state index in [1.54, 1.807) is 30.6 Å². The van der Waals surface area contributed by atoms with Gasteiger partial charge in [-0.15, -0.1) is 11.3 Å². The molecule has 6 nitrogen and oxygen atoms in total. The van der Waals surface area contributed by atoms with Crippen LogP contribution in [0.25, 0.3) is 0 Å². The number of carbonyl (C=O) groups is 2. The summed E-state index contributed by atoms with van der Waals surface area (Å²) in [5.74, 6) is -0.344. The van der Waals surface area contributed by atoms with E-state index in [0.717, 1.165) is 16.3 Å². The van der Waals surface area contributed by atoms with Crippen LogP contribution in [0.15, 0.2) is 48.8 Å². The van der Waals surface area contributed by atoms with E-state index in [4.69, 9.17) is 0 Å². The van der Waals surface area contributed by atoms with Gasteiger partial charge in [0, 0.05) is 30.2 Å². The molecule has 0 bridgehead atoms. The summed E-state index contributed by atoms with van der Waals surface area (Å²) in [5, 5.41) is 6.60. The molecule has 0 radical (unpaired) electrons. The fraction of sp³-hybridized carbons (Fsp3) is 0.158. The summed E-state index contributed by atoms with van der Waals surface area (Å²) < 4.78 is 0. The fourth-order valence-electron chi connectivity index (χ4n) is 2.47. The number of anilines is 1. The van der Waals surface area contributed by atoms with Crippen LogP contribution in [-0.2, 0) is 6.54 Å². The SMILES string of the molecule is Cc1nc(C)c(C(=O)NCc2cccc(NC(=O)c3ccncc3)c2)s1. The molecule has 0 saturated carbocycles. The minimum Gasteiger partial charge on any atom is -0.347 e. The zero-order valence-electron chi connectivity index (χ0n) is 14.4. The Kier molecular flexibility index (Phi) is 5.38. The Bertz CT molecular complexity index is 938. The van der Waals surface area contributed by atoms with Gasteiger partial charge >= 0.3 is 0 Å². The number of pyridine rings is 1. The molecule has 2 N–H and O–H groups in total. The van der Waals surface area contributed by atoms with E-state index in [1.165, 1.54) is 11.3 Å². The molecular formula is C19H18N4O2S. The maximum absolute atomic E-state index is 12.3. The van der Waals surface area contributed by atoms with Crippen molar-refractivity contribution in [2.45, 2.75) is 20.4 Å². The van der Waals surface area contributed by atoms with E-state index in [0.29, 0.717) is 22.7 Å². The molecule has 0 fully saturated rings. The lowest BCUT2D eigenvalue weighted by molar-refractivity contribution is 0.0953. The number of nitrogens with one attached hydrogen (secondary N) is 2. The van der Waals surface area contributed by atoms with Gasteiger partial charge in [-0.2, -0.15) is 0 Å². The molecule has 0 unspecified atom stereocenters. The number of rotatable bonds is 5. The Hall–Kier alpha value is -3.06. The summed E-state index contributed by atoms with van der Waals surface area (Å²) in [7, 11) is 0. The number of nitrogens with zero attached hydrogens (tertiary/aromatic N) is 2. The first kappa shape index (κ1) is 17.8. The zero-order valence-corrected chi connectivity index (χ0v) is 15.3. The number of hydrogen-bond donors (Lipinski definition) is 2. The standard InChI is InChI=1S/C19H18N4O2S/c1-12-17(26-13(2)22-12)19(25)21-11-14-4-3-5-16(10-14)23-18(24)15-6-8-20-9-7-15/h3-10H,11H2,1-2H3,(H,21,25)(H,23,24). The van der Waals surface area contributed by atoms with Gasteiger partial charge in [0.25, 0.3) is 11.8 Å². The van der Waals surface area contributed by atoms with E-state index in [9.17, 15) is 9.59 Å². The Morgan fingerprint density at radius 2 is 1.85 bits per heavy atom. The number of aryl methyl sites for hydroxylation is 2. The average Bonchev–Trinajstić information content (AvgIpc) is 2.99. The average molecular weight is 366 g/mol. The molecule has 0 aliphatic rings. The lowest BCUT2D eigenvalue weighted by atomic mass is 10.2. The highest BCUT2D eigenvalue weighted by Crippen LogP contribution is 2.17. The van der Waals surface area contributed by atoms with Gasteiger partial charge in [-0.1, -0.05) is 12.1 Å². The van der Waals surface area contributed by atoms with Crippen LogP contribution in [0.5, 0.6) is 0 Å². The van der Waals surface area contributed by atoms with E-state index < -0.39 is 0 Å². The lowest BCUT2D eigenvalue weighted by Crippen LogP contribution is -2.22. The smallest absolute Gasteiger partial charge is 0.263 e. The van der Waals surface area contributed by atoms with Gasteiger partial charge in [-0.05, 0) is 43.7 Å². The van der Waals surface area contributed by atoms with Crippen LogP contribution in [0.3, 0.4) is 0 Å². The van der Waals surface area contributed by atoms with Gasteiger partial charge in [0.05, 0.1) is 10.7 Å². The minimum absolute atomic E-state index is 0.140. The molecule has 132 valence electrons. The largest absolute Gasteiger partial charge is 0.347 e. The van der Waals surface area contributed by atoms with Crippen LogP contribution in [-0.4, -0.2) is 21.8 Å². The molecule has 0 aliphatic carbocycles. The number of aromatic nitrogens is 2. The Balaban J connectivity index is 1.63. The first-order chi connectivity index (χ1) is 12.5. The fourth-order valence-corrected chi connectivity index (χ4v) is 3.31. The number of amides is 2. The summed E-state index contributed by atoms with van der Waals surface area (Å²) >= 11 is 1.38. The van der Waals surface area contributed by atoms with Crippen molar-refractivity contribution in [1.29, 1.82) is 0 Å². The van der Waals surface area contributed by atoms with Gasteiger partial charge in [-0.25, -0.2) is 4.98 Å². The normalized spacial score (nSPS) is 10.4. The van der Waals surface area contributed by atoms with Crippen molar-refractivity contribution in [2.24, 2.45) is 0 Å². The Morgan fingerprint density at radius 1 is 1.08 bits per heavy atom. The summed E-state index contributed by atoms with van der Waals surface area (Å²) in [5.41, 5.74) is 2.84. The summed E-state index contributed by atoms with van der Waals surface area (Å²) in [6.45, 7) is 4.07. The minimum atomic E-state index is -0.204. The summed E-state index contributed by atoms with van der Waals surface area (Å²) in [4.78, 5) is 33.3. The highest BCUT2D eigenvalue weighted by atomic mass is 32.1. The molecule has 2 amide bonds. The molecular weight excluding hydrogens is 348 g/mol. The second kappa shape index (κ2) is 7.88. The molecule has 2 aromatic heterocycles. The number of benzene rings is 1. The molecule has 26 heavy (non-hydrogen) atoms. The van der Waals surface area contributed by atoms with Gasteiger partial charge in [0.15, 0.2) is 0 Å². The highest BCUT2D eigenvalue weighted by Gasteiger charge is 2.13. The third kappa shape index (κ3) is 4.31. The molecule has 3 rings (SSSR count). The van der Waals surface area contributed by atoms with E-state index in [2.05, 4.69) is 20.6 Å². The quantitative estimate of drug-likeness (QED) is 0.725. The van der Waals surface area contributed by atoms with Crippen molar-refractivity contribution < 1.29 is 9.59 Å². The summed E-state index contributed by atoms with van der Waals surface area (Å²) in [6, 6.07) is 10.7. The molecule has 1 aromatic carbocycles. The van der Waals surface area contributed by atoms with Crippen molar-refractivity contribution in [2.75, 3.05) is 5.32 Å². The zero-order chi connectivity index (χ0) is 18.5. The lowest BCUT2D eigenvalue weighted by Gasteiger charge is -2.08. The van der Waals surface area contributed by atoms with Crippen LogP contribution in [0, 0.1) is 13.8 Å². The second-order valence-corrected chi connectivity index (χ2v) is 6.92. The van der Waals surface area contributed by atoms with E-state index in [-0.39, 0.29) is 11.8 Å². The van der Waals surface area contributed by atoms with Gasteiger partial charge in [-0.3, -0.25) is 14.6 Å². The van der Waals surface area contributed by atoms with Crippen molar-refractivity contribution in [3.05, 3.63) is 75.5 Å². The third-order valence-corrected chi connectivity index (χ3v) is 4.76. The van der Waals surface area contributed by atoms with Crippen LogP contribution in [0.2, 0.25) is 0 Å². The van der Waals surface area contributed by atoms with E-state index in [1.807, 2.05) is 32.0 Å². The molecule has 0 atom stereocenters. The Morgan fingerprint density at radius 3 is 2.54 bits per heavy atom. The van der Waals surface area contributed by atoms with Crippen molar-refractivity contribution >= 4 is 28.8 Å². The molecule has 7 heteroatoms. The topological polar surface area (TPSA) is 84.0 Å². The number of thiazole rings is 1. The highest BCUT2D eigenvalue weighted by molar-refractivity contribution is 7.13. The first-order valence-electron chi connectivity index (χ1n) is 8.05. The van der Waals surface area contributed by atoms with Crippen LogP contribution < -0.4 is 10.6 Å². The maximum atomic E-state index is 12.3. The molecule has 2 heterocycles. The maximum Gasteiger partial charge on any atom is 0.263 e. The van der Waals surface area contributed by atoms with Crippen molar-refractivity contribution in [3.8, 4) is 0 Å². The van der Waals surface area contributed by atoms with Gasteiger partial charge in [0.1, 0.15) is 4.88 Å². The van der Waals surface area contributed by atoms with Gasteiger partial charge < -0.3 is 10.6 Å². The number of hydrogen-bond acceptors (Lipinski definition) is 5. The van der Waals surface area contributed by atoms with Crippen LogP contribution in [0.1, 0.15) is 36.3 Å². The summed E-state index contributed by atoms with van der Waals surface area (Å²) in [6.07, 6.45) is 3.15. The van der Waals surface area contributed by atoms with E-state index >= 15 is 0 Å². The van der Waals surface area contributed by atoms with Crippen LogP contribution >= 0.6 is 11.3 Å². The predicted octanol–water partition coefficient (Wildman–Crippen LogP) is 3.34. The number of carbonyl (C=O) groups excluding carboxylic acids is 2. The van der Waals surface area contributed by atoms with Crippen molar-refractivity contribution in [3.63, 3.8) is 0 Å². The first-order valence-corrected chi connectivity index (χ1v) is 8.87. The van der Waals surface area contributed by atoms with Crippen LogP contribution in [0.4, 0.5) is 5.69 Å². The predicted molar refractivity (Wildman–Crippen MR) is 101 cm³/mol. The van der Waals surface area contributed by atoms with Crippen molar-refractivity contribution in [1.82, 2.24) is 15.3 Å². The molecule has 3 aromatic rings. The third-order valence-electron chi connectivity index (χ3n) is 3.69. The second-order valence-electron chi connectivity index (χ2n) is 5.72.